The van der Waals surface area contributed by atoms with Crippen molar-refractivity contribution >= 4 is 22.4 Å². The lowest BCUT2D eigenvalue weighted by Gasteiger charge is -2.11. The summed E-state index contributed by atoms with van der Waals surface area (Å²) in [6.45, 7) is 1.67. The predicted molar refractivity (Wildman–Crippen MR) is 83.5 cm³/mol. The SMILES string of the molecule is C/C(=N\Nc1ccccc1C(F)(F)F)c1cc2ccccc2o1. The lowest BCUT2D eigenvalue weighted by atomic mass is 10.2. The molecule has 0 fully saturated rings. The summed E-state index contributed by atoms with van der Waals surface area (Å²) in [5, 5.41) is 4.92. The molecule has 1 heterocycles. The summed E-state index contributed by atoms with van der Waals surface area (Å²) in [5.41, 5.74) is 2.76. The zero-order chi connectivity index (χ0) is 16.4. The van der Waals surface area contributed by atoms with Crippen molar-refractivity contribution in [1.82, 2.24) is 0 Å². The summed E-state index contributed by atoms with van der Waals surface area (Å²) < 4.78 is 44.4. The van der Waals surface area contributed by atoms with Crippen LogP contribution < -0.4 is 5.43 Å². The van der Waals surface area contributed by atoms with Gasteiger partial charge in [-0.05, 0) is 31.2 Å². The van der Waals surface area contributed by atoms with E-state index in [1.54, 1.807) is 13.0 Å². The van der Waals surface area contributed by atoms with Gasteiger partial charge in [0.2, 0.25) is 0 Å². The van der Waals surface area contributed by atoms with Crippen molar-refractivity contribution in [3.05, 3.63) is 65.9 Å². The first kappa shape index (κ1) is 15.1. The third kappa shape index (κ3) is 3.21. The van der Waals surface area contributed by atoms with E-state index in [4.69, 9.17) is 4.42 Å². The van der Waals surface area contributed by atoms with Gasteiger partial charge in [-0.3, -0.25) is 5.43 Å². The van der Waals surface area contributed by atoms with Gasteiger partial charge in [-0.25, -0.2) is 0 Å². The second-order valence-corrected chi connectivity index (χ2v) is 5.00. The van der Waals surface area contributed by atoms with Gasteiger partial charge in [0.15, 0.2) is 5.76 Å². The first-order valence-corrected chi connectivity index (χ1v) is 6.90. The molecular formula is C17H13F3N2O. The molecule has 3 nitrogen and oxygen atoms in total. The van der Waals surface area contributed by atoms with Crippen LogP contribution in [0, 0.1) is 0 Å². The standard InChI is InChI=1S/C17H13F3N2O/c1-11(16-10-12-6-2-5-9-15(12)23-16)21-22-14-8-4-3-7-13(14)17(18,19)20/h2-10,22H,1H3/b21-11+. The molecule has 1 aromatic heterocycles. The average molecular weight is 318 g/mol. The molecular weight excluding hydrogens is 305 g/mol. The van der Waals surface area contributed by atoms with Gasteiger partial charge in [-0.15, -0.1) is 0 Å². The van der Waals surface area contributed by atoms with Crippen molar-refractivity contribution < 1.29 is 17.6 Å². The highest BCUT2D eigenvalue weighted by Crippen LogP contribution is 2.34. The number of hydrogen-bond donors (Lipinski definition) is 1. The topological polar surface area (TPSA) is 37.5 Å². The Morgan fingerprint density at radius 3 is 2.48 bits per heavy atom. The maximum absolute atomic E-state index is 12.9. The van der Waals surface area contributed by atoms with Gasteiger partial charge in [-0.2, -0.15) is 18.3 Å². The van der Waals surface area contributed by atoms with Crippen molar-refractivity contribution in [2.45, 2.75) is 13.1 Å². The molecule has 0 aliphatic rings. The van der Waals surface area contributed by atoms with Gasteiger partial charge in [0.25, 0.3) is 0 Å². The normalized spacial score (nSPS) is 12.6. The minimum absolute atomic E-state index is 0.101. The molecule has 0 aliphatic carbocycles. The van der Waals surface area contributed by atoms with Crippen molar-refractivity contribution in [1.29, 1.82) is 0 Å². The summed E-state index contributed by atoms with van der Waals surface area (Å²) in [5.74, 6) is 0.503. The minimum Gasteiger partial charge on any atom is -0.455 e. The van der Waals surface area contributed by atoms with Crippen LogP contribution in [0.2, 0.25) is 0 Å². The molecule has 3 rings (SSSR count). The molecule has 0 spiro atoms. The quantitative estimate of drug-likeness (QED) is 0.526. The van der Waals surface area contributed by atoms with E-state index in [0.717, 1.165) is 11.5 Å². The van der Waals surface area contributed by atoms with Crippen molar-refractivity contribution in [3.8, 4) is 0 Å². The lowest BCUT2D eigenvalue weighted by Crippen LogP contribution is -2.09. The van der Waals surface area contributed by atoms with Gasteiger partial charge in [0.05, 0.1) is 11.3 Å². The number of hydrogen-bond acceptors (Lipinski definition) is 3. The Morgan fingerprint density at radius 2 is 1.74 bits per heavy atom. The van der Waals surface area contributed by atoms with Crippen molar-refractivity contribution in [2.75, 3.05) is 5.43 Å². The summed E-state index contributed by atoms with van der Waals surface area (Å²) in [4.78, 5) is 0. The van der Waals surface area contributed by atoms with Gasteiger partial charge in [-0.1, -0.05) is 30.3 Å². The number of fused-ring (bicyclic) bond motifs is 1. The van der Waals surface area contributed by atoms with Crippen LogP contribution in [0.25, 0.3) is 11.0 Å². The molecule has 0 amide bonds. The Hall–Kier alpha value is -2.76. The van der Waals surface area contributed by atoms with E-state index in [0.29, 0.717) is 17.1 Å². The number of alkyl halides is 3. The Labute approximate surface area is 130 Å². The molecule has 0 saturated heterocycles. The van der Waals surface area contributed by atoms with Crippen LogP contribution in [0.4, 0.5) is 18.9 Å². The summed E-state index contributed by atoms with van der Waals surface area (Å²) in [6, 6.07) is 14.4. The largest absolute Gasteiger partial charge is 0.455 e. The maximum Gasteiger partial charge on any atom is 0.418 e. The second-order valence-electron chi connectivity index (χ2n) is 5.00. The predicted octanol–water partition coefficient (Wildman–Crippen LogP) is 5.29. The van der Waals surface area contributed by atoms with Gasteiger partial charge >= 0.3 is 6.18 Å². The first-order chi connectivity index (χ1) is 10.9. The van der Waals surface area contributed by atoms with Crippen LogP contribution in [-0.4, -0.2) is 5.71 Å². The van der Waals surface area contributed by atoms with Gasteiger partial charge in [0, 0.05) is 5.39 Å². The summed E-state index contributed by atoms with van der Waals surface area (Å²) in [6.07, 6.45) is -4.44. The molecule has 0 atom stereocenters. The summed E-state index contributed by atoms with van der Waals surface area (Å²) >= 11 is 0. The molecule has 0 bridgehead atoms. The highest BCUT2D eigenvalue weighted by atomic mass is 19.4. The van der Waals surface area contributed by atoms with Gasteiger partial charge < -0.3 is 4.42 Å². The highest BCUT2D eigenvalue weighted by Gasteiger charge is 2.33. The first-order valence-electron chi connectivity index (χ1n) is 6.90. The van der Waals surface area contributed by atoms with Crippen molar-refractivity contribution in [2.24, 2.45) is 5.10 Å². The molecule has 0 unspecified atom stereocenters. The molecule has 3 aromatic rings. The summed E-state index contributed by atoms with van der Waals surface area (Å²) in [7, 11) is 0. The molecule has 0 aliphatic heterocycles. The molecule has 0 radical (unpaired) electrons. The second kappa shape index (κ2) is 5.79. The monoisotopic (exact) mass is 318 g/mol. The number of para-hydroxylation sites is 2. The van der Waals surface area contributed by atoms with E-state index < -0.39 is 11.7 Å². The van der Waals surface area contributed by atoms with Crippen LogP contribution in [-0.2, 0) is 6.18 Å². The van der Waals surface area contributed by atoms with Crippen LogP contribution in [0.3, 0.4) is 0 Å². The fourth-order valence-corrected chi connectivity index (χ4v) is 2.19. The molecule has 2 aromatic carbocycles. The Morgan fingerprint density at radius 1 is 1.04 bits per heavy atom. The maximum atomic E-state index is 12.9. The zero-order valence-electron chi connectivity index (χ0n) is 12.2. The van der Waals surface area contributed by atoms with Crippen LogP contribution >= 0.6 is 0 Å². The minimum atomic E-state index is -4.44. The molecule has 23 heavy (non-hydrogen) atoms. The number of nitrogens with one attached hydrogen (secondary N) is 1. The Kier molecular flexibility index (Phi) is 3.82. The zero-order valence-corrected chi connectivity index (χ0v) is 12.2. The number of halogens is 3. The third-order valence-corrected chi connectivity index (χ3v) is 3.36. The number of rotatable bonds is 3. The number of anilines is 1. The third-order valence-electron chi connectivity index (χ3n) is 3.36. The Bertz CT molecular complexity index is 832. The van der Waals surface area contributed by atoms with E-state index in [1.165, 1.54) is 18.2 Å². The van der Waals surface area contributed by atoms with Gasteiger partial charge in [0.1, 0.15) is 11.3 Å². The van der Waals surface area contributed by atoms with Crippen LogP contribution in [0.15, 0.2) is 64.1 Å². The van der Waals surface area contributed by atoms with E-state index in [-0.39, 0.29) is 5.69 Å². The van der Waals surface area contributed by atoms with Crippen molar-refractivity contribution in [3.63, 3.8) is 0 Å². The van der Waals surface area contributed by atoms with E-state index in [9.17, 15) is 13.2 Å². The van der Waals surface area contributed by atoms with E-state index in [2.05, 4.69) is 10.5 Å². The highest BCUT2D eigenvalue weighted by molar-refractivity contribution is 6.00. The molecule has 118 valence electrons. The van der Waals surface area contributed by atoms with E-state index in [1.807, 2.05) is 24.3 Å². The lowest BCUT2D eigenvalue weighted by molar-refractivity contribution is -0.136. The Balaban J connectivity index is 1.88. The fraction of sp³-hybridized carbons (Fsp3) is 0.118. The van der Waals surface area contributed by atoms with Crippen LogP contribution in [0.5, 0.6) is 0 Å². The fourth-order valence-electron chi connectivity index (χ4n) is 2.19. The number of nitrogens with zero attached hydrogens (tertiary/aromatic N) is 1. The number of hydrazone groups is 1. The number of benzene rings is 2. The molecule has 6 heteroatoms. The number of furan rings is 1. The van der Waals surface area contributed by atoms with E-state index >= 15 is 0 Å². The van der Waals surface area contributed by atoms with Crippen LogP contribution in [0.1, 0.15) is 18.2 Å². The average Bonchev–Trinajstić information content (AvgIpc) is 2.96. The molecule has 0 saturated carbocycles. The smallest absolute Gasteiger partial charge is 0.418 e. The molecule has 1 N–H and O–H groups in total.